The summed E-state index contributed by atoms with van der Waals surface area (Å²) < 4.78 is 0. The van der Waals surface area contributed by atoms with E-state index in [1.54, 1.807) is 0 Å². The molecule has 0 unspecified atom stereocenters. The molecule has 1 saturated carbocycles. The van der Waals surface area contributed by atoms with Crippen LogP contribution in [0.25, 0.3) is 0 Å². The summed E-state index contributed by atoms with van der Waals surface area (Å²) in [5.41, 5.74) is 7.94. The molecule has 0 saturated heterocycles. The lowest BCUT2D eigenvalue weighted by Crippen LogP contribution is -2.09. The van der Waals surface area contributed by atoms with Crippen molar-refractivity contribution in [2.45, 2.75) is 38.0 Å². The lowest BCUT2D eigenvalue weighted by atomic mass is 10.0. The Morgan fingerprint density at radius 3 is 3.00 bits per heavy atom. The van der Waals surface area contributed by atoms with E-state index in [0.717, 1.165) is 19.5 Å². The maximum atomic E-state index is 5.46. The second-order valence-electron chi connectivity index (χ2n) is 4.25. The number of H-pyrrole nitrogens is 1. The van der Waals surface area contributed by atoms with Crippen molar-refractivity contribution in [1.82, 2.24) is 10.2 Å². The van der Waals surface area contributed by atoms with Crippen LogP contribution in [0, 0.1) is 0 Å². The van der Waals surface area contributed by atoms with Crippen molar-refractivity contribution in [2.24, 2.45) is 5.73 Å². The number of nitrogens with zero attached hydrogens (tertiary/aromatic N) is 1. The van der Waals surface area contributed by atoms with Gasteiger partial charge in [-0.25, -0.2) is 0 Å². The topological polar surface area (TPSA) is 66.7 Å². The van der Waals surface area contributed by atoms with Gasteiger partial charge in [0.15, 0.2) is 0 Å². The van der Waals surface area contributed by atoms with Crippen molar-refractivity contribution in [3.05, 3.63) is 11.9 Å². The molecule has 1 aromatic rings. The summed E-state index contributed by atoms with van der Waals surface area (Å²) in [4.78, 5) is 0. The van der Waals surface area contributed by atoms with Crippen LogP contribution in [-0.2, 0) is 0 Å². The minimum Gasteiger partial charge on any atom is -0.382 e. The second-order valence-corrected chi connectivity index (χ2v) is 4.25. The van der Waals surface area contributed by atoms with Crippen LogP contribution >= 0.6 is 0 Å². The molecular weight excluding hydrogens is 188 g/mol. The summed E-state index contributed by atoms with van der Waals surface area (Å²) in [6.07, 6.45) is 8.21. The number of anilines is 1. The van der Waals surface area contributed by atoms with Crippen molar-refractivity contribution in [3.8, 4) is 0 Å². The molecular formula is C11H20N4. The standard InChI is InChI=1S/C11H20N4/c12-6-3-7-13-10-8-14-15-11(10)9-4-1-2-5-9/h8-9,13H,1-7,12H2,(H,14,15). The molecule has 84 valence electrons. The summed E-state index contributed by atoms with van der Waals surface area (Å²) >= 11 is 0. The molecule has 4 heteroatoms. The van der Waals surface area contributed by atoms with E-state index in [9.17, 15) is 0 Å². The molecule has 0 amide bonds. The van der Waals surface area contributed by atoms with Crippen LogP contribution in [0.5, 0.6) is 0 Å². The number of hydrogen-bond donors (Lipinski definition) is 3. The maximum absolute atomic E-state index is 5.46. The average molecular weight is 208 g/mol. The maximum Gasteiger partial charge on any atom is 0.0759 e. The van der Waals surface area contributed by atoms with Crippen LogP contribution in [0.4, 0.5) is 5.69 Å². The highest BCUT2D eigenvalue weighted by Gasteiger charge is 2.21. The summed E-state index contributed by atoms with van der Waals surface area (Å²) in [5, 5.41) is 10.7. The summed E-state index contributed by atoms with van der Waals surface area (Å²) in [6, 6.07) is 0. The van der Waals surface area contributed by atoms with E-state index in [1.165, 1.54) is 37.1 Å². The van der Waals surface area contributed by atoms with E-state index in [0.29, 0.717) is 5.92 Å². The molecule has 2 rings (SSSR count). The average Bonchev–Trinajstić information content (AvgIpc) is 2.87. The van der Waals surface area contributed by atoms with Crippen molar-refractivity contribution in [2.75, 3.05) is 18.4 Å². The number of rotatable bonds is 5. The van der Waals surface area contributed by atoms with Gasteiger partial charge in [-0.15, -0.1) is 0 Å². The van der Waals surface area contributed by atoms with E-state index in [2.05, 4.69) is 15.5 Å². The number of aromatic nitrogens is 2. The molecule has 4 nitrogen and oxygen atoms in total. The van der Waals surface area contributed by atoms with Crippen LogP contribution in [0.3, 0.4) is 0 Å². The van der Waals surface area contributed by atoms with Crippen molar-refractivity contribution < 1.29 is 0 Å². The molecule has 4 N–H and O–H groups in total. The Balaban J connectivity index is 1.95. The quantitative estimate of drug-likeness (QED) is 0.647. The van der Waals surface area contributed by atoms with Crippen LogP contribution in [0.2, 0.25) is 0 Å². The molecule has 0 aliphatic heterocycles. The summed E-state index contributed by atoms with van der Waals surface area (Å²) in [6.45, 7) is 1.68. The van der Waals surface area contributed by atoms with E-state index >= 15 is 0 Å². The number of hydrogen-bond acceptors (Lipinski definition) is 3. The van der Waals surface area contributed by atoms with Gasteiger partial charge in [-0.3, -0.25) is 5.10 Å². The number of nitrogens with two attached hydrogens (primary N) is 1. The van der Waals surface area contributed by atoms with Crippen LogP contribution in [0.15, 0.2) is 6.20 Å². The Labute approximate surface area is 90.6 Å². The Kier molecular flexibility index (Phi) is 3.61. The lowest BCUT2D eigenvalue weighted by Gasteiger charge is -2.10. The first kappa shape index (κ1) is 10.5. The first-order valence-corrected chi connectivity index (χ1v) is 5.89. The van der Waals surface area contributed by atoms with Crippen LogP contribution in [-0.4, -0.2) is 23.3 Å². The third kappa shape index (κ3) is 2.50. The predicted molar refractivity (Wildman–Crippen MR) is 62.0 cm³/mol. The van der Waals surface area contributed by atoms with Gasteiger partial charge < -0.3 is 11.1 Å². The fraction of sp³-hybridized carbons (Fsp3) is 0.727. The highest BCUT2D eigenvalue weighted by atomic mass is 15.1. The smallest absolute Gasteiger partial charge is 0.0759 e. The third-order valence-electron chi connectivity index (χ3n) is 3.13. The zero-order valence-corrected chi connectivity index (χ0v) is 9.13. The van der Waals surface area contributed by atoms with Gasteiger partial charge in [0.05, 0.1) is 17.6 Å². The fourth-order valence-electron chi connectivity index (χ4n) is 2.29. The van der Waals surface area contributed by atoms with Gasteiger partial charge in [-0.1, -0.05) is 12.8 Å². The Morgan fingerprint density at radius 1 is 1.47 bits per heavy atom. The van der Waals surface area contributed by atoms with Crippen LogP contribution in [0.1, 0.15) is 43.7 Å². The molecule has 0 atom stereocenters. The molecule has 15 heavy (non-hydrogen) atoms. The molecule has 1 fully saturated rings. The van der Waals surface area contributed by atoms with Crippen molar-refractivity contribution in [1.29, 1.82) is 0 Å². The van der Waals surface area contributed by atoms with Gasteiger partial charge in [-0.05, 0) is 25.8 Å². The van der Waals surface area contributed by atoms with Crippen LogP contribution < -0.4 is 11.1 Å². The van der Waals surface area contributed by atoms with E-state index in [4.69, 9.17) is 5.73 Å². The highest BCUT2D eigenvalue weighted by molar-refractivity contribution is 5.47. The molecule has 1 aliphatic rings. The summed E-state index contributed by atoms with van der Waals surface area (Å²) in [7, 11) is 0. The molecule has 1 heterocycles. The first-order chi connectivity index (χ1) is 7.42. The highest BCUT2D eigenvalue weighted by Crippen LogP contribution is 2.36. The van der Waals surface area contributed by atoms with E-state index in [-0.39, 0.29) is 0 Å². The molecule has 0 radical (unpaired) electrons. The molecule has 0 bridgehead atoms. The Hall–Kier alpha value is -1.03. The van der Waals surface area contributed by atoms with Gasteiger partial charge >= 0.3 is 0 Å². The normalized spacial score (nSPS) is 17.1. The largest absolute Gasteiger partial charge is 0.382 e. The lowest BCUT2D eigenvalue weighted by molar-refractivity contribution is 0.693. The number of nitrogens with one attached hydrogen (secondary N) is 2. The minimum absolute atomic E-state index is 0.688. The summed E-state index contributed by atoms with van der Waals surface area (Å²) in [5.74, 6) is 0.688. The molecule has 0 aromatic carbocycles. The molecule has 1 aliphatic carbocycles. The Morgan fingerprint density at radius 2 is 2.27 bits per heavy atom. The number of aromatic amines is 1. The van der Waals surface area contributed by atoms with Gasteiger partial charge in [-0.2, -0.15) is 5.10 Å². The fourth-order valence-corrected chi connectivity index (χ4v) is 2.29. The third-order valence-corrected chi connectivity index (χ3v) is 3.13. The van der Waals surface area contributed by atoms with Crippen molar-refractivity contribution in [3.63, 3.8) is 0 Å². The zero-order valence-electron chi connectivity index (χ0n) is 9.13. The van der Waals surface area contributed by atoms with Gasteiger partial charge in [0.25, 0.3) is 0 Å². The van der Waals surface area contributed by atoms with E-state index in [1.807, 2.05) is 6.20 Å². The SMILES string of the molecule is NCCCNc1cn[nH]c1C1CCCC1. The van der Waals surface area contributed by atoms with Gasteiger partial charge in [0, 0.05) is 12.5 Å². The molecule has 0 spiro atoms. The zero-order chi connectivity index (χ0) is 10.5. The predicted octanol–water partition coefficient (Wildman–Crippen LogP) is 1.83. The van der Waals surface area contributed by atoms with Gasteiger partial charge in [0.1, 0.15) is 0 Å². The Bertz CT molecular complexity index is 289. The molecule has 1 aromatic heterocycles. The first-order valence-electron chi connectivity index (χ1n) is 5.89. The second kappa shape index (κ2) is 5.16. The van der Waals surface area contributed by atoms with E-state index < -0.39 is 0 Å². The van der Waals surface area contributed by atoms with Crippen molar-refractivity contribution >= 4 is 5.69 Å². The monoisotopic (exact) mass is 208 g/mol. The van der Waals surface area contributed by atoms with Gasteiger partial charge in [0.2, 0.25) is 0 Å². The minimum atomic E-state index is 0.688.